The molecule has 4 nitrogen and oxygen atoms in total. The Labute approximate surface area is 158 Å². The van der Waals surface area contributed by atoms with Crippen molar-refractivity contribution in [2.75, 3.05) is 25.4 Å². The average Bonchev–Trinajstić information content (AvgIpc) is 3.17. The molecule has 1 aliphatic rings. The Morgan fingerprint density at radius 2 is 2.04 bits per heavy atom. The van der Waals surface area contributed by atoms with Crippen molar-refractivity contribution >= 4 is 17.7 Å². The van der Waals surface area contributed by atoms with Crippen LogP contribution in [0.5, 0.6) is 0 Å². The second-order valence-electron chi connectivity index (χ2n) is 6.56. The van der Waals surface area contributed by atoms with Crippen molar-refractivity contribution in [2.45, 2.75) is 25.1 Å². The minimum absolute atomic E-state index is 0.0712. The van der Waals surface area contributed by atoms with Gasteiger partial charge in [-0.25, -0.2) is 4.39 Å². The van der Waals surface area contributed by atoms with Gasteiger partial charge < -0.3 is 9.73 Å². The number of carbonyl (C=O) groups is 1. The minimum Gasteiger partial charge on any atom is -0.468 e. The Morgan fingerprint density at radius 3 is 2.77 bits per heavy atom. The molecule has 0 bridgehead atoms. The van der Waals surface area contributed by atoms with Crippen molar-refractivity contribution < 1.29 is 13.6 Å². The van der Waals surface area contributed by atoms with E-state index in [9.17, 15) is 9.18 Å². The van der Waals surface area contributed by atoms with E-state index in [1.54, 1.807) is 24.1 Å². The number of likely N-dealkylation sites (tertiary alicyclic amines) is 1. The third-order valence-electron chi connectivity index (χ3n) is 4.68. The second kappa shape index (κ2) is 9.78. The third kappa shape index (κ3) is 5.61. The lowest BCUT2D eigenvalue weighted by Crippen LogP contribution is -2.40. The number of thioether (sulfide) groups is 1. The monoisotopic (exact) mass is 376 g/mol. The standard InChI is InChI=1S/C20H25FN2O2S/c21-19-6-2-1-4-17(19)14-23-10-7-16(8-11-23)20(24)22-9-13-26-15-18-5-3-12-25-18/h1-6,12,16H,7-11,13-15H2,(H,22,24). The average molecular weight is 376 g/mol. The van der Waals surface area contributed by atoms with Gasteiger partial charge in [-0.05, 0) is 44.1 Å². The number of halogens is 1. The van der Waals surface area contributed by atoms with E-state index in [0.717, 1.165) is 48.8 Å². The van der Waals surface area contributed by atoms with Gasteiger partial charge in [-0.15, -0.1) is 0 Å². The van der Waals surface area contributed by atoms with Crippen LogP contribution < -0.4 is 5.32 Å². The predicted molar refractivity (Wildman–Crippen MR) is 102 cm³/mol. The first kappa shape index (κ1) is 19.0. The van der Waals surface area contributed by atoms with Gasteiger partial charge in [-0.3, -0.25) is 9.69 Å². The molecule has 0 unspecified atom stereocenters. The number of hydrogen-bond donors (Lipinski definition) is 1. The van der Waals surface area contributed by atoms with Crippen LogP contribution in [0.4, 0.5) is 4.39 Å². The van der Waals surface area contributed by atoms with Gasteiger partial charge in [0.05, 0.1) is 12.0 Å². The normalized spacial score (nSPS) is 15.9. The first-order valence-corrected chi connectivity index (χ1v) is 10.2. The van der Waals surface area contributed by atoms with Gasteiger partial charge >= 0.3 is 0 Å². The van der Waals surface area contributed by atoms with E-state index >= 15 is 0 Å². The number of benzene rings is 1. The topological polar surface area (TPSA) is 45.5 Å². The molecule has 0 spiro atoms. The Morgan fingerprint density at radius 1 is 1.23 bits per heavy atom. The summed E-state index contributed by atoms with van der Waals surface area (Å²) < 4.78 is 19.0. The highest BCUT2D eigenvalue weighted by Crippen LogP contribution is 2.20. The molecule has 0 aliphatic carbocycles. The Hall–Kier alpha value is -1.79. The Bertz CT molecular complexity index is 685. The maximum absolute atomic E-state index is 13.7. The lowest BCUT2D eigenvalue weighted by Gasteiger charge is -2.31. The van der Waals surface area contributed by atoms with Crippen LogP contribution in [-0.4, -0.2) is 36.2 Å². The quantitative estimate of drug-likeness (QED) is 0.714. The van der Waals surface area contributed by atoms with Gasteiger partial charge in [-0.2, -0.15) is 11.8 Å². The molecule has 26 heavy (non-hydrogen) atoms. The second-order valence-corrected chi connectivity index (χ2v) is 7.67. The van der Waals surface area contributed by atoms with Gasteiger partial charge in [0.25, 0.3) is 0 Å². The number of nitrogens with one attached hydrogen (secondary N) is 1. The summed E-state index contributed by atoms with van der Waals surface area (Å²) in [5.74, 6) is 2.73. The molecule has 1 aromatic carbocycles. The van der Waals surface area contributed by atoms with Crippen LogP contribution in [0.3, 0.4) is 0 Å². The molecule has 2 heterocycles. The number of hydrogen-bond acceptors (Lipinski definition) is 4. The van der Waals surface area contributed by atoms with Crippen molar-refractivity contribution in [3.8, 4) is 0 Å². The molecule has 1 N–H and O–H groups in total. The van der Waals surface area contributed by atoms with E-state index in [0.29, 0.717) is 13.1 Å². The summed E-state index contributed by atoms with van der Waals surface area (Å²) in [6.07, 6.45) is 3.34. The highest BCUT2D eigenvalue weighted by molar-refractivity contribution is 7.98. The first-order chi connectivity index (χ1) is 12.7. The number of rotatable bonds is 8. The van der Waals surface area contributed by atoms with Gasteiger partial charge in [0.2, 0.25) is 5.91 Å². The van der Waals surface area contributed by atoms with Gasteiger partial charge in [0.1, 0.15) is 11.6 Å². The minimum atomic E-state index is -0.153. The van der Waals surface area contributed by atoms with E-state index < -0.39 is 0 Å². The fourth-order valence-electron chi connectivity index (χ4n) is 3.18. The zero-order valence-electron chi connectivity index (χ0n) is 14.8. The lowest BCUT2D eigenvalue weighted by molar-refractivity contribution is -0.126. The number of nitrogens with zero attached hydrogens (tertiary/aromatic N) is 1. The number of piperidine rings is 1. The Kier molecular flexibility index (Phi) is 7.14. The van der Waals surface area contributed by atoms with Crippen LogP contribution in [0.25, 0.3) is 0 Å². The van der Waals surface area contributed by atoms with Crippen molar-refractivity contribution in [3.63, 3.8) is 0 Å². The van der Waals surface area contributed by atoms with E-state index in [1.165, 1.54) is 6.07 Å². The predicted octanol–water partition coefficient (Wildman–Crippen LogP) is 3.68. The van der Waals surface area contributed by atoms with Crippen LogP contribution in [0.1, 0.15) is 24.2 Å². The van der Waals surface area contributed by atoms with Gasteiger partial charge in [-0.1, -0.05) is 18.2 Å². The molecule has 1 fully saturated rings. The maximum Gasteiger partial charge on any atom is 0.223 e. The summed E-state index contributed by atoms with van der Waals surface area (Å²) in [7, 11) is 0. The third-order valence-corrected chi connectivity index (χ3v) is 5.66. The maximum atomic E-state index is 13.7. The summed E-state index contributed by atoms with van der Waals surface area (Å²) in [4.78, 5) is 14.5. The smallest absolute Gasteiger partial charge is 0.223 e. The fourth-order valence-corrected chi connectivity index (χ4v) is 3.94. The molecule has 0 saturated carbocycles. The summed E-state index contributed by atoms with van der Waals surface area (Å²) in [5, 5.41) is 3.04. The van der Waals surface area contributed by atoms with E-state index in [-0.39, 0.29) is 17.6 Å². The zero-order valence-corrected chi connectivity index (χ0v) is 15.6. The number of furan rings is 1. The van der Waals surface area contributed by atoms with Crippen molar-refractivity contribution in [2.24, 2.45) is 5.92 Å². The summed E-state index contributed by atoms with van der Waals surface area (Å²) >= 11 is 1.75. The molecule has 140 valence electrons. The van der Waals surface area contributed by atoms with Crippen LogP contribution >= 0.6 is 11.8 Å². The van der Waals surface area contributed by atoms with Crippen LogP contribution in [0.2, 0.25) is 0 Å². The molecule has 1 aliphatic heterocycles. The molecular formula is C20H25FN2O2S. The molecule has 0 atom stereocenters. The van der Waals surface area contributed by atoms with Crippen LogP contribution in [0.15, 0.2) is 47.1 Å². The highest BCUT2D eigenvalue weighted by Gasteiger charge is 2.25. The largest absolute Gasteiger partial charge is 0.468 e. The molecular weight excluding hydrogens is 351 g/mol. The molecule has 1 saturated heterocycles. The SMILES string of the molecule is O=C(NCCSCc1ccco1)C1CCN(Cc2ccccc2F)CC1. The number of carbonyl (C=O) groups excluding carboxylic acids is 1. The van der Waals surface area contributed by atoms with Gasteiger partial charge in [0, 0.05) is 30.3 Å². The van der Waals surface area contributed by atoms with Crippen LogP contribution in [-0.2, 0) is 17.1 Å². The van der Waals surface area contributed by atoms with E-state index in [2.05, 4.69) is 10.2 Å². The fraction of sp³-hybridized carbons (Fsp3) is 0.450. The molecule has 6 heteroatoms. The van der Waals surface area contributed by atoms with Gasteiger partial charge in [0.15, 0.2) is 0 Å². The zero-order chi connectivity index (χ0) is 18.2. The van der Waals surface area contributed by atoms with Crippen molar-refractivity contribution in [1.82, 2.24) is 10.2 Å². The highest BCUT2D eigenvalue weighted by atomic mass is 32.2. The van der Waals surface area contributed by atoms with E-state index in [4.69, 9.17) is 4.42 Å². The lowest BCUT2D eigenvalue weighted by atomic mass is 9.95. The Balaban J connectivity index is 1.31. The first-order valence-electron chi connectivity index (χ1n) is 9.06. The summed E-state index contributed by atoms with van der Waals surface area (Å²) in [6, 6.07) is 10.7. The van der Waals surface area contributed by atoms with Crippen LogP contribution in [0, 0.1) is 11.7 Å². The molecule has 2 aromatic rings. The van der Waals surface area contributed by atoms with Crippen molar-refractivity contribution in [1.29, 1.82) is 0 Å². The molecule has 0 radical (unpaired) electrons. The molecule has 1 aromatic heterocycles. The van der Waals surface area contributed by atoms with Crippen molar-refractivity contribution in [3.05, 3.63) is 59.8 Å². The molecule has 1 amide bonds. The number of amides is 1. The summed E-state index contributed by atoms with van der Waals surface area (Å²) in [6.45, 7) is 2.96. The van der Waals surface area contributed by atoms with E-state index in [1.807, 2.05) is 24.3 Å². The summed E-state index contributed by atoms with van der Waals surface area (Å²) in [5.41, 5.74) is 0.726. The molecule has 3 rings (SSSR count).